The first-order valence-electron chi connectivity index (χ1n) is 5.51. The van der Waals surface area contributed by atoms with Crippen molar-refractivity contribution in [3.63, 3.8) is 0 Å². The van der Waals surface area contributed by atoms with Crippen molar-refractivity contribution in [1.29, 1.82) is 0 Å². The van der Waals surface area contributed by atoms with E-state index in [4.69, 9.17) is 0 Å². The molecule has 0 bridgehead atoms. The van der Waals surface area contributed by atoms with Crippen molar-refractivity contribution in [3.8, 4) is 0 Å². The minimum atomic E-state index is 0.679. The number of rotatable bonds is 2. The van der Waals surface area contributed by atoms with E-state index in [9.17, 15) is 0 Å². The SMILES string of the molecule is CC(C)C1CN(C(C)C)C(C)CN1. The molecule has 1 aliphatic rings. The van der Waals surface area contributed by atoms with Crippen LogP contribution in [0.2, 0.25) is 0 Å². The molecule has 2 nitrogen and oxygen atoms in total. The fraction of sp³-hybridized carbons (Fsp3) is 1.00. The summed E-state index contributed by atoms with van der Waals surface area (Å²) in [5.41, 5.74) is 0. The van der Waals surface area contributed by atoms with Gasteiger partial charge in [-0.05, 0) is 26.7 Å². The van der Waals surface area contributed by atoms with Crippen LogP contribution in [-0.2, 0) is 0 Å². The Kier molecular flexibility index (Phi) is 3.74. The highest BCUT2D eigenvalue weighted by Crippen LogP contribution is 2.14. The lowest BCUT2D eigenvalue weighted by molar-refractivity contribution is 0.0928. The van der Waals surface area contributed by atoms with Gasteiger partial charge in [0.1, 0.15) is 0 Å². The molecule has 1 N–H and O–H groups in total. The second kappa shape index (κ2) is 4.43. The topological polar surface area (TPSA) is 15.3 Å². The number of nitrogens with zero attached hydrogens (tertiary/aromatic N) is 1. The van der Waals surface area contributed by atoms with E-state index >= 15 is 0 Å². The molecule has 0 spiro atoms. The van der Waals surface area contributed by atoms with Crippen molar-refractivity contribution in [1.82, 2.24) is 10.2 Å². The second-order valence-corrected chi connectivity index (χ2v) is 4.90. The molecular formula is C11H24N2. The molecule has 1 heterocycles. The van der Waals surface area contributed by atoms with E-state index in [0.29, 0.717) is 18.1 Å². The van der Waals surface area contributed by atoms with Crippen molar-refractivity contribution in [3.05, 3.63) is 0 Å². The summed E-state index contributed by atoms with van der Waals surface area (Å²) in [6.07, 6.45) is 0. The fourth-order valence-electron chi connectivity index (χ4n) is 2.08. The van der Waals surface area contributed by atoms with Crippen molar-refractivity contribution >= 4 is 0 Å². The Morgan fingerprint density at radius 1 is 1.23 bits per heavy atom. The van der Waals surface area contributed by atoms with Crippen molar-refractivity contribution < 1.29 is 0 Å². The maximum absolute atomic E-state index is 3.61. The van der Waals surface area contributed by atoms with Gasteiger partial charge in [-0.25, -0.2) is 0 Å². The molecule has 2 unspecified atom stereocenters. The average Bonchev–Trinajstić information content (AvgIpc) is 2.04. The normalized spacial score (nSPS) is 31.6. The van der Waals surface area contributed by atoms with Crippen LogP contribution in [0.1, 0.15) is 34.6 Å². The van der Waals surface area contributed by atoms with E-state index in [0.717, 1.165) is 12.5 Å². The largest absolute Gasteiger partial charge is 0.311 e. The quantitative estimate of drug-likeness (QED) is 0.703. The van der Waals surface area contributed by atoms with Gasteiger partial charge in [0.25, 0.3) is 0 Å². The van der Waals surface area contributed by atoms with Crippen LogP contribution in [0.25, 0.3) is 0 Å². The molecule has 2 heteroatoms. The molecule has 78 valence electrons. The van der Waals surface area contributed by atoms with E-state index < -0.39 is 0 Å². The van der Waals surface area contributed by atoms with Gasteiger partial charge in [-0.2, -0.15) is 0 Å². The van der Waals surface area contributed by atoms with Gasteiger partial charge in [0, 0.05) is 31.2 Å². The molecule has 0 aromatic carbocycles. The molecular weight excluding hydrogens is 160 g/mol. The van der Waals surface area contributed by atoms with Crippen LogP contribution in [0, 0.1) is 5.92 Å². The monoisotopic (exact) mass is 184 g/mol. The van der Waals surface area contributed by atoms with Crippen LogP contribution in [0.15, 0.2) is 0 Å². The molecule has 2 atom stereocenters. The Labute approximate surface area is 82.7 Å². The first-order chi connectivity index (χ1) is 6.02. The van der Waals surface area contributed by atoms with Crippen LogP contribution >= 0.6 is 0 Å². The predicted molar refractivity (Wildman–Crippen MR) is 57.9 cm³/mol. The Balaban J connectivity index is 2.53. The van der Waals surface area contributed by atoms with Crippen LogP contribution in [-0.4, -0.2) is 36.1 Å². The number of piperazine rings is 1. The molecule has 1 saturated heterocycles. The Morgan fingerprint density at radius 3 is 2.31 bits per heavy atom. The molecule has 13 heavy (non-hydrogen) atoms. The number of hydrogen-bond acceptors (Lipinski definition) is 2. The smallest absolute Gasteiger partial charge is 0.0218 e. The van der Waals surface area contributed by atoms with Crippen molar-refractivity contribution in [2.75, 3.05) is 13.1 Å². The minimum absolute atomic E-state index is 0.679. The van der Waals surface area contributed by atoms with E-state index in [1.54, 1.807) is 0 Å². The highest BCUT2D eigenvalue weighted by Gasteiger charge is 2.27. The molecule has 0 aromatic rings. The Morgan fingerprint density at radius 2 is 1.85 bits per heavy atom. The van der Waals surface area contributed by atoms with Crippen LogP contribution in [0.3, 0.4) is 0 Å². The lowest BCUT2D eigenvalue weighted by Gasteiger charge is -2.42. The summed E-state index contributed by atoms with van der Waals surface area (Å²) in [5.74, 6) is 0.744. The highest BCUT2D eigenvalue weighted by molar-refractivity contribution is 4.86. The summed E-state index contributed by atoms with van der Waals surface area (Å²) in [5, 5.41) is 3.61. The van der Waals surface area contributed by atoms with Crippen LogP contribution in [0.4, 0.5) is 0 Å². The first-order valence-corrected chi connectivity index (χ1v) is 5.51. The van der Waals surface area contributed by atoms with Gasteiger partial charge in [0.05, 0.1) is 0 Å². The third kappa shape index (κ3) is 2.68. The molecule has 0 aliphatic carbocycles. The Hall–Kier alpha value is -0.0800. The van der Waals surface area contributed by atoms with E-state index in [1.165, 1.54) is 6.54 Å². The second-order valence-electron chi connectivity index (χ2n) is 4.90. The zero-order chi connectivity index (χ0) is 10.0. The van der Waals surface area contributed by atoms with Crippen molar-refractivity contribution in [2.24, 2.45) is 5.92 Å². The maximum Gasteiger partial charge on any atom is 0.0218 e. The van der Waals surface area contributed by atoms with Crippen LogP contribution < -0.4 is 5.32 Å². The van der Waals surface area contributed by atoms with Gasteiger partial charge < -0.3 is 5.32 Å². The molecule has 1 rings (SSSR count). The fourth-order valence-corrected chi connectivity index (χ4v) is 2.08. The van der Waals surface area contributed by atoms with Gasteiger partial charge in [-0.3, -0.25) is 4.90 Å². The summed E-state index contributed by atoms with van der Waals surface area (Å²) >= 11 is 0. The highest BCUT2D eigenvalue weighted by atomic mass is 15.2. The van der Waals surface area contributed by atoms with Gasteiger partial charge in [0.15, 0.2) is 0 Å². The number of hydrogen-bond donors (Lipinski definition) is 1. The summed E-state index contributed by atoms with van der Waals surface area (Å²) in [4.78, 5) is 2.60. The molecule has 0 saturated carbocycles. The molecule has 0 amide bonds. The average molecular weight is 184 g/mol. The third-order valence-electron chi connectivity index (χ3n) is 3.12. The van der Waals surface area contributed by atoms with E-state index in [-0.39, 0.29) is 0 Å². The Bertz CT molecular complexity index is 154. The third-order valence-corrected chi connectivity index (χ3v) is 3.12. The predicted octanol–water partition coefficient (Wildman–Crippen LogP) is 1.71. The molecule has 0 aromatic heterocycles. The van der Waals surface area contributed by atoms with Gasteiger partial charge in [0.2, 0.25) is 0 Å². The lowest BCUT2D eigenvalue weighted by Crippen LogP contribution is -2.58. The summed E-state index contributed by atoms with van der Waals surface area (Å²) in [6, 6.07) is 2.05. The summed E-state index contributed by atoms with van der Waals surface area (Å²) in [6.45, 7) is 13.8. The zero-order valence-corrected chi connectivity index (χ0v) is 9.67. The molecule has 0 radical (unpaired) electrons. The minimum Gasteiger partial charge on any atom is -0.311 e. The summed E-state index contributed by atoms with van der Waals surface area (Å²) in [7, 11) is 0. The summed E-state index contributed by atoms with van der Waals surface area (Å²) < 4.78 is 0. The zero-order valence-electron chi connectivity index (χ0n) is 9.67. The number of nitrogens with one attached hydrogen (secondary N) is 1. The standard InChI is InChI=1S/C11H24N2/c1-8(2)11-7-13(9(3)4)10(5)6-12-11/h8-12H,6-7H2,1-5H3. The van der Waals surface area contributed by atoms with E-state index in [2.05, 4.69) is 44.8 Å². The maximum atomic E-state index is 3.61. The van der Waals surface area contributed by atoms with Crippen molar-refractivity contribution in [2.45, 2.75) is 52.7 Å². The molecule has 1 aliphatic heterocycles. The van der Waals surface area contributed by atoms with Gasteiger partial charge >= 0.3 is 0 Å². The van der Waals surface area contributed by atoms with Crippen LogP contribution in [0.5, 0.6) is 0 Å². The van der Waals surface area contributed by atoms with Gasteiger partial charge in [-0.1, -0.05) is 13.8 Å². The van der Waals surface area contributed by atoms with E-state index in [1.807, 2.05) is 0 Å². The lowest BCUT2D eigenvalue weighted by atomic mass is 9.99. The van der Waals surface area contributed by atoms with Gasteiger partial charge in [-0.15, -0.1) is 0 Å². The molecule has 1 fully saturated rings. The first kappa shape index (κ1) is 11.0.